The molecule has 0 rings (SSSR count). The fourth-order valence-corrected chi connectivity index (χ4v) is 7.06. The predicted molar refractivity (Wildman–Crippen MR) is 238 cm³/mol. The molecule has 5 atom stereocenters. The van der Waals surface area contributed by atoms with Crippen LogP contribution in [0.25, 0.3) is 0 Å². The van der Waals surface area contributed by atoms with Gasteiger partial charge in [0.1, 0.15) is 12.6 Å². The van der Waals surface area contributed by atoms with Gasteiger partial charge in [-0.05, 0) is 51.4 Å². The van der Waals surface area contributed by atoms with E-state index in [0.29, 0.717) is 12.8 Å². The number of carboxylic acids is 1. The number of allylic oxidation sites excluding steroid dienone is 5. The third kappa shape index (κ3) is 38.5. The smallest absolute Gasteiger partial charge is 0.472 e. The van der Waals surface area contributed by atoms with Gasteiger partial charge < -0.3 is 35.4 Å². The predicted octanol–water partition coefficient (Wildman–Crippen LogP) is 10.3. The van der Waals surface area contributed by atoms with Crippen molar-refractivity contribution in [3.05, 3.63) is 36.5 Å². The van der Waals surface area contributed by atoms with Crippen LogP contribution in [0.4, 0.5) is 0 Å². The molecule has 0 aliphatic rings. The zero-order valence-electron chi connectivity index (χ0n) is 37.3. The molecular weight excluding hydrogens is 789 g/mol. The SMILES string of the molecule is CCCCC/C=C\C/C=C\C/C=C\CC(O)C(O)CCCC(=O)O[C@H](COC(=O)CCCCCCCCCCCCCCCCCCC)COP(=O)(O)OC[C@H](N)C(=O)O. The van der Waals surface area contributed by atoms with Crippen LogP contribution in [0.15, 0.2) is 36.5 Å². The second-order valence-corrected chi connectivity index (χ2v) is 17.3. The molecule has 0 aromatic rings. The number of hydrogen-bond donors (Lipinski definition) is 5. The molecule has 6 N–H and O–H groups in total. The number of phosphoric acid groups is 1. The second kappa shape index (κ2) is 40.7. The lowest BCUT2D eigenvalue weighted by Crippen LogP contribution is -2.34. The van der Waals surface area contributed by atoms with Crippen LogP contribution in [-0.4, -0.2) is 82.3 Å². The summed E-state index contributed by atoms with van der Waals surface area (Å²) in [6.07, 6.45) is 36.6. The zero-order valence-corrected chi connectivity index (χ0v) is 38.2. The highest BCUT2D eigenvalue weighted by molar-refractivity contribution is 7.47. The van der Waals surface area contributed by atoms with Gasteiger partial charge in [-0.1, -0.05) is 166 Å². The average Bonchev–Trinajstić information content (AvgIpc) is 3.22. The molecule has 14 heteroatoms. The maximum Gasteiger partial charge on any atom is 0.472 e. The molecule has 0 heterocycles. The van der Waals surface area contributed by atoms with Gasteiger partial charge in [-0.25, -0.2) is 4.57 Å². The molecule has 60 heavy (non-hydrogen) atoms. The molecule has 0 aromatic carbocycles. The van der Waals surface area contributed by atoms with E-state index >= 15 is 0 Å². The van der Waals surface area contributed by atoms with E-state index in [1.54, 1.807) is 6.08 Å². The van der Waals surface area contributed by atoms with Gasteiger partial charge in [0, 0.05) is 12.8 Å². The normalized spacial score (nSPS) is 15.0. The molecule has 3 unspecified atom stereocenters. The molecule has 0 saturated heterocycles. The molecule has 0 aliphatic heterocycles. The standard InChI is InChI=1S/C46H84NO12P/c1-3-5-7-9-11-13-15-17-18-19-20-21-23-25-27-29-31-35-44(50)56-37-40(38-57-60(54,55)58-39-41(47)46(52)53)59-45(51)36-32-34-43(49)42(48)33-30-28-26-24-22-16-14-12-10-8-6-4-2/h12,14,22,24,28,30,40-43,48-49H,3-11,13,15-21,23,25-27,29,31-39,47H2,1-2H3,(H,52,53)(H,54,55)/b14-12-,24-22-,30-28-/t40-,41+,42?,43?/m1/s1. The number of hydrogen-bond acceptors (Lipinski definition) is 11. The van der Waals surface area contributed by atoms with Gasteiger partial charge >= 0.3 is 25.7 Å². The molecule has 0 spiro atoms. The Morgan fingerprint density at radius 1 is 0.583 bits per heavy atom. The maximum atomic E-state index is 12.7. The topological polar surface area (TPSA) is 212 Å². The van der Waals surface area contributed by atoms with Crippen molar-refractivity contribution in [2.24, 2.45) is 5.73 Å². The van der Waals surface area contributed by atoms with E-state index in [-0.39, 0.29) is 32.1 Å². The van der Waals surface area contributed by atoms with Crippen molar-refractivity contribution in [2.45, 2.75) is 218 Å². The number of aliphatic carboxylic acids is 1. The summed E-state index contributed by atoms with van der Waals surface area (Å²) < 4.78 is 32.5. The van der Waals surface area contributed by atoms with Crippen LogP contribution in [0.2, 0.25) is 0 Å². The first-order valence-corrected chi connectivity index (χ1v) is 24.7. The number of carbonyl (C=O) groups is 3. The summed E-state index contributed by atoms with van der Waals surface area (Å²) in [4.78, 5) is 46.1. The Morgan fingerprint density at radius 2 is 1.05 bits per heavy atom. The summed E-state index contributed by atoms with van der Waals surface area (Å²) in [6, 6.07) is -1.57. The fourth-order valence-electron chi connectivity index (χ4n) is 6.29. The number of aliphatic hydroxyl groups excluding tert-OH is 2. The van der Waals surface area contributed by atoms with Gasteiger partial charge in [0.25, 0.3) is 0 Å². The van der Waals surface area contributed by atoms with Gasteiger partial charge in [-0.3, -0.25) is 23.4 Å². The van der Waals surface area contributed by atoms with Crippen LogP contribution >= 0.6 is 7.82 Å². The number of carboxylic acid groups (broad SMARTS) is 1. The number of esters is 2. The molecule has 0 bridgehead atoms. The highest BCUT2D eigenvalue weighted by Crippen LogP contribution is 2.43. The van der Waals surface area contributed by atoms with E-state index in [1.807, 2.05) is 12.2 Å². The molecule has 350 valence electrons. The number of phosphoric ester groups is 1. The number of carbonyl (C=O) groups excluding carboxylic acids is 2. The monoisotopic (exact) mass is 874 g/mol. The fraction of sp³-hybridized carbons (Fsp3) is 0.804. The van der Waals surface area contributed by atoms with E-state index in [4.69, 9.17) is 24.8 Å². The van der Waals surface area contributed by atoms with Crippen molar-refractivity contribution in [1.29, 1.82) is 0 Å². The van der Waals surface area contributed by atoms with Crippen molar-refractivity contribution in [3.63, 3.8) is 0 Å². The van der Waals surface area contributed by atoms with Crippen molar-refractivity contribution < 1.29 is 57.7 Å². The Kier molecular flexibility index (Phi) is 39.1. The number of aliphatic hydroxyl groups is 2. The lowest BCUT2D eigenvalue weighted by molar-refractivity contribution is -0.161. The van der Waals surface area contributed by atoms with Crippen molar-refractivity contribution >= 4 is 25.7 Å². The summed E-state index contributed by atoms with van der Waals surface area (Å²) in [5.74, 6) is -2.69. The molecule has 0 aliphatic carbocycles. The van der Waals surface area contributed by atoms with Gasteiger partial charge in [-0.15, -0.1) is 0 Å². The number of nitrogens with two attached hydrogens (primary N) is 1. The first kappa shape index (κ1) is 57.6. The van der Waals surface area contributed by atoms with Crippen LogP contribution in [0.5, 0.6) is 0 Å². The van der Waals surface area contributed by atoms with Gasteiger partial charge in [0.05, 0.1) is 25.4 Å². The number of unbranched alkanes of at least 4 members (excludes halogenated alkanes) is 19. The van der Waals surface area contributed by atoms with Crippen molar-refractivity contribution in [1.82, 2.24) is 0 Å². The highest BCUT2D eigenvalue weighted by atomic mass is 31.2. The van der Waals surface area contributed by atoms with Gasteiger partial charge in [-0.2, -0.15) is 0 Å². The first-order chi connectivity index (χ1) is 28.9. The van der Waals surface area contributed by atoms with Crippen LogP contribution in [0.1, 0.15) is 194 Å². The summed E-state index contributed by atoms with van der Waals surface area (Å²) in [6.45, 7) is 2.50. The third-order valence-corrected chi connectivity index (χ3v) is 11.0. The summed E-state index contributed by atoms with van der Waals surface area (Å²) >= 11 is 0. The average molecular weight is 874 g/mol. The quantitative estimate of drug-likeness (QED) is 0.0167. The van der Waals surface area contributed by atoms with E-state index in [9.17, 15) is 34.1 Å². The first-order valence-electron chi connectivity index (χ1n) is 23.2. The molecule has 0 fully saturated rings. The Balaban J connectivity index is 4.54. The molecule has 13 nitrogen and oxygen atoms in total. The zero-order chi connectivity index (χ0) is 44.5. The summed E-state index contributed by atoms with van der Waals surface area (Å²) in [5, 5.41) is 29.6. The molecule has 0 saturated carbocycles. The Morgan fingerprint density at radius 3 is 1.60 bits per heavy atom. The Hall–Kier alpha value is -2.38. The highest BCUT2D eigenvalue weighted by Gasteiger charge is 2.28. The third-order valence-electron chi connectivity index (χ3n) is 10.1. The number of rotatable bonds is 43. The molecule has 0 amide bonds. The van der Waals surface area contributed by atoms with Gasteiger partial charge in [0.2, 0.25) is 0 Å². The van der Waals surface area contributed by atoms with Crippen LogP contribution in [0.3, 0.4) is 0 Å². The summed E-state index contributed by atoms with van der Waals surface area (Å²) in [5.41, 5.74) is 5.32. The van der Waals surface area contributed by atoms with E-state index in [1.165, 1.54) is 103 Å². The second-order valence-electron chi connectivity index (χ2n) is 15.9. The molecule has 0 aromatic heterocycles. The Labute approximate surface area is 362 Å². The van der Waals surface area contributed by atoms with Crippen molar-refractivity contribution in [2.75, 3.05) is 19.8 Å². The minimum absolute atomic E-state index is 0.119. The minimum atomic E-state index is -4.80. The summed E-state index contributed by atoms with van der Waals surface area (Å²) in [7, 11) is -4.80. The van der Waals surface area contributed by atoms with Gasteiger partial charge in [0.15, 0.2) is 6.10 Å². The molecular formula is C46H84NO12P. The van der Waals surface area contributed by atoms with Crippen LogP contribution in [-0.2, 0) is 37.5 Å². The minimum Gasteiger partial charge on any atom is -0.480 e. The van der Waals surface area contributed by atoms with Crippen molar-refractivity contribution in [3.8, 4) is 0 Å². The lowest BCUT2D eigenvalue weighted by Gasteiger charge is -2.20. The Bertz CT molecular complexity index is 1200. The largest absolute Gasteiger partial charge is 0.480 e. The number of ether oxygens (including phenoxy) is 2. The maximum absolute atomic E-state index is 12.7. The van der Waals surface area contributed by atoms with E-state index in [0.717, 1.165) is 32.1 Å². The van der Waals surface area contributed by atoms with E-state index < -0.39 is 69.9 Å². The van der Waals surface area contributed by atoms with Crippen LogP contribution in [0, 0.1) is 0 Å². The molecule has 0 radical (unpaired) electrons. The van der Waals surface area contributed by atoms with E-state index in [2.05, 4.69) is 36.6 Å². The lowest BCUT2D eigenvalue weighted by atomic mass is 10.0. The van der Waals surface area contributed by atoms with Crippen LogP contribution < -0.4 is 5.73 Å².